The summed E-state index contributed by atoms with van der Waals surface area (Å²) in [7, 11) is 1.33. The normalized spacial score (nSPS) is 25.3. The van der Waals surface area contributed by atoms with Crippen molar-refractivity contribution in [3.8, 4) is 0 Å². The van der Waals surface area contributed by atoms with Crippen LogP contribution in [0.2, 0.25) is 0 Å². The minimum absolute atomic E-state index is 0.0221. The van der Waals surface area contributed by atoms with Gasteiger partial charge in [-0.05, 0) is 22.4 Å². The summed E-state index contributed by atoms with van der Waals surface area (Å²) in [5.74, 6) is 0.674. The molecule has 0 aliphatic carbocycles. The Morgan fingerprint density at radius 2 is 2.54 bits per heavy atom. The molecule has 3 nitrogen and oxygen atoms in total. The summed E-state index contributed by atoms with van der Waals surface area (Å²) in [5, 5.41) is 0. The Morgan fingerprint density at radius 3 is 3.00 bits per heavy atom. The van der Waals surface area contributed by atoms with Gasteiger partial charge in [-0.15, -0.1) is 11.6 Å². The highest BCUT2D eigenvalue weighted by molar-refractivity contribution is 9.12. The topological polar surface area (TPSA) is 35.5 Å². The van der Waals surface area contributed by atoms with Crippen LogP contribution in [0.15, 0.2) is 10.2 Å². The maximum absolute atomic E-state index is 11.1. The Labute approximate surface area is 90.2 Å². The van der Waals surface area contributed by atoms with Crippen molar-refractivity contribution < 1.29 is 14.3 Å². The van der Waals surface area contributed by atoms with E-state index in [0.29, 0.717) is 16.1 Å². The van der Waals surface area contributed by atoms with Crippen LogP contribution in [0.25, 0.3) is 0 Å². The van der Waals surface area contributed by atoms with Gasteiger partial charge >= 0.3 is 5.97 Å². The molecule has 0 spiro atoms. The molecule has 1 unspecified atom stereocenters. The summed E-state index contributed by atoms with van der Waals surface area (Å²) in [4.78, 5) is 11.1. The van der Waals surface area contributed by atoms with Crippen molar-refractivity contribution >= 4 is 33.5 Å². The van der Waals surface area contributed by atoms with Crippen molar-refractivity contribution in [1.82, 2.24) is 0 Å². The molecular formula is C8H10BrClO3. The molecule has 0 aromatic heterocycles. The number of alkyl halides is 1. The van der Waals surface area contributed by atoms with Gasteiger partial charge in [0.25, 0.3) is 0 Å². The maximum Gasteiger partial charge on any atom is 0.348 e. The number of ether oxygens (including phenoxy) is 2. The molecule has 0 bridgehead atoms. The highest BCUT2D eigenvalue weighted by atomic mass is 79.9. The number of hydrogen-bond donors (Lipinski definition) is 0. The van der Waals surface area contributed by atoms with Gasteiger partial charge in [-0.1, -0.05) is 0 Å². The third-order valence-corrected chi connectivity index (χ3v) is 2.89. The first-order valence-corrected chi connectivity index (χ1v) is 5.21. The van der Waals surface area contributed by atoms with Crippen LogP contribution in [0.1, 0.15) is 12.8 Å². The number of carbonyl (C=O) groups excluding carboxylic acids is 1. The van der Waals surface area contributed by atoms with E-state index >= 15 is 0 Å². The van der Waals surface area contributed by atoms with E-state index in [1.807, 2.05) is 0 Å². The zero-order chi connectivity index (χ0) is 9.84. The van der Waals surface area contributed by atoms with Gasteiger partial charge in [-0.3, -0.25) is 0 Å². The fourth-order valence-electron chi connectivity index (χ4n) is 1.08. The van der Waals surface area contributed by atoms with Crippen LogP contribution in [-0.2, 0) is 14.3 Å². The first-order valence-electron chi connectivity index (χ1n) is 3.88. The third-order valence-electron chi connectivity index (χ3n) is 1.78. The lowest BCUT2D eigenvalue weighted by Gasteiger charge is -2.07. The molecule has 13 heavy (non-hydrogen) atoms. The summed E-state index contributed by atoms with van der Waals surface area (Å²) < 4.78 is 10.3. The quantitative estimate of drug-likeness (QED) is 0.438. The summed E-state index contributed by atoms with van der Waals surface area (Å²) in [6.07, 6.45) is 1.60. The first kappa shape index (κ1) is 10.9. The maximum atomic E-state index is 11.1. The number of allylic oxidation sites excluding steroid dienone is 1. The largest absolute Gasteiger partial charge is 0.492 e. The van der Waals surface area contributed by atoms with E-state index < -0.39 is 5.97 Å². The van der Waals surface area contributed by atoms with Crippen LogP contribution in [0.4, 0.5) is 0 Å². The predicted octanol–water partition coefficient (Wildman–Crippen LogP) is 2.18. The molecule has 74 valence electrons. The molecule has 1 atom stereocenters. The minimum atomic E-state index is -0.412. The van der Waals surface area contributed by atoms with E-state index in [-0.39, 0.29) is 6.10 Å². The van der Waals surface area contributed by atoms with E-state index in [1.54, 1.807) is 0 Å². The molecule has 1 aliphatic heterocycles. The molecule has 0 aromatic rings. The molecule has 0 radical (unpaired) electrons. The van der Waals surface area contributed by atoms with E-state index in [2.05, 4.69) is 20.7 Å². The number of methoxy groups -OCH3 is 1. The molecule has 1 saturated heterocycles. The summed E-state index contributed by atoms with van der Waals surface area (Å²) >= 11 is 8.74. The molecule has 5 heteroatoms. The van der Waals surface area contributed by atoms with E-state index in [9.17, 15) is 4.79 Å². The van der Waals surface area contributed by atoms with Crippen molar-refractivity contribution in [1.29, 1.82) is 0 Å². The van der Waals surface area contributed by atoms with E-state index in [0.717, 1.165) is 12.8 Å². The Bertz CT molecular complexity index is 240. The van der Waals surface area contributed by atoms with Crippen molar-refractivity contribution in [2.75, 3.05) is 13.0 Å². The van der Waals surface area contributed by atoms with Crippen LogP contribution in [0.5, 0.6) is 0 Å². The van der Waals surface area contributed by atoms with Crippen LogP contribution in [0.3, 0.4) is 0 Å². The van der Waals surface area contributed by atoms with Gasteiger partial charge in [0.15, 0.2) is 0 Å². The zero-order valence-corrected chi connectivity index (χ0v) is 9.52. The van der Waals surface area contributed by atoms with Crippen LogP contribution < -0.4 is 0 Å². The third kappa shape index (κ3) is 2.61. The Hall–Kier alpha value is -0.220. The number of esters is 1. The molecule has 0 saturated carbocycles. The van der Waals surface area contributed by atoms with Gasteiger partial charge < -0.3 is 9.47 Å². The van der Waals surface area contributed by atoms with Crippen LogP contribution >= 0.6 is 27.5 Å². The summed E-state index contributed by atoms with van der Waals surface area (Å²) in [5.41, 5.74) is 0. The average molecular weight is 270 g/mol. The van der Waals surface area contributed by atoms with Gasteiger partial charge in [0.05, 0.1) is 13.0 Å². The number of hydrogen-bond acceptors (Lipinski definition) is 3. The molecule has 1 heterocycles. The minimum Gasteiger partial charge on any atom is -0.492 e. The Balaban J connectivity index is 2.66. The van der Waals surface area contributed by atoms with Crippen molar-refractivity contribution in [3.63, 3.8) is 0 Å². The second kappa shape index (κ2) is 4.86. The standard InChI is InChI=1S/C8H10BrClO3/c1-12-8(11)7(9)6-3-2-5(4-10)13-6/h5H,2-4H2,1H3/b7-6-. The van der Waals surface area contributed by atoms with Crippen molar-refractivity contribution in [2.45, 2.75) is 18.9 Å². The monoisotopic (exact) mass is 268 g/mol. The summed E-state index contributed by atoms with van der Waals surface area (Å²) in [6.45, 7) is 0. The first-order chi connectivity index (χ1) is 6.19. The molecular weight excluding hydrogens is 259 g/mol. The van der Waals surface area contributed by atoms with Gasteiger partial charge in [0.2, 0.25) is 0 Å². The molecule has 0 N–H and O–H groups in total. The molecule has 0 aromatic carbocycles. The molecule has 0 amide bonds. The fourth-order valence-corrected chi connectivity index (χ4v) is 1.76. The van der Waals surface area contributed by atoms with Crippen molar-refractivity contribution in [3.05, 3.63) is 10.2 Å². The predicted molar refractivity (Wildman–Crippen MR) is 52.8 cm³/mol. The zero-order valence-electron chi connectivity index (χ0n) is 7.18. The molecule has 1 aliphatic rings. The van der Waals surface area contributed by atoms with E-state index in [4.69, 9.17) is 16.3 Å². The number of halogens is 2. The lowest BCUT2D eigenvalue weighted by molar-refractivity contribution is -0.135. The summed E-state index contributed by atoms with van der Waals surface area (Å²) in [6, 6.07) is 0. The highest BCUT2D eigenvalue weighted by Gasteiger charge is 2.24. The fraction of sp³-hybridized carbons (Fsp3) is 0.625. The lowest BCUT2D eigenvalue weighted by Crippen LogP contribution is -2.07. The SMILES string of the molecule is COC(=O)/C(Br)=C1\CCC(CCl)O1. The van der Waals surface area contributed by atoms with Gasteiger partial charge in [-0.2, -0.15) is 0 Å². The average Bonchev–Trinajstić information content (AvgIpc) is 2.63. The number of rotatable bonds is 2. The highest BCUT2D eigenvalue weighted by Crippen LogP contribution is 2.29. The van der Waals surface area contributed by atoms with Crippen LogP contribution in [0, 0.1) is 0 Å². The Kier molecular flexibility index (Phi) is 4.06. The molecule has 1 rings (SSSR count). The number of carbonyl (C=O) groups is 1. The van der Waals surface area contributed by atoms with Gasteiger partial charge in [0, 0.05) is 6.42 Å². The molecule has 1 fully saturated rings. The second-order valence-corrected chi connectivity index (χ2v) is 3.76. The van der Waals surface area contributed by atoms with Crippen molar-refractivity contribution in [2.24, 2.45) is 0 Å². The smallest absolute Gasteiger partial charge is 0.348 e. The lowest BCUT2D eigenvalue weighted by atomic mass is 10.2. The van der Waals surface area contributed by atoms with Gasteiger partial charge in [0.1, 0.15) is 16.3 Å². The van der Waals surface area contributed by atoms with Crippen LogP contribution in [-0.4, -0.2) is 25.1 Å². The Morgan fingerprint density at radius 1 is 1.85 bits per heavy atom. The van der Waals surface area contributed by atoms with Gasteiger partial charge in [-0.25, -0.2) is 4.79 Å². The van der Waals surface area contributed by atoms with E-state index in [1.165, 1.54) is 7.11 Å². The second-order valence-electron chi connectivity index (χ2n) is 2.66.